The Labute approximate surface area is 172 Å². The van der Waals surface area contributed by atoms with Crippen LogP contribution >= 0.6 is 11.6 Å². The standard InChI is InChI=1S/C22H19ClN2O4/c1-13-17(23)4-3-15-16(22(26)25-6-8-27-9-7-25)11-18(24-21(13)15)14-2-5-19-20(10-14)29-12-28-19/h2-5,10-11H,6-9,12H2,1H3. The predicted molar refractivity (Wildman–Crippen MR) is 110 cm³/mol. The van der Waals surface area contributed by atoms with Gasteiger partial charge in [0, 0.05) is 29.1 Å². The van der Waals surface area contributed by atoms with Crippen molar-refractivity contribution in [2.75, 3.05) is 33.1 Å². The van der Waals surface area contributed by atoms with Crippen LogP contribution in [0.5, 0.6) is 11.5 Å². The van der Waals surface area contributed by atoms with Gasteiger partial charge in [0.25, 0.3) is 5.91 Å². The number of nitrogens with zero attached hydrogens (tertiary/aromatic N) is 2. The van der Waals surface area contributed by atoms with E-state index in [9.17, 15) is 4.79 Å². The number of benzene rings is 2. The molecule has 1 amide bonds. The number of morpholine rings is 1. The molecular weight excluding hydrogens is 392 g/mol. The molecule has 148 valence electrons. The molecule has 1 aromatic heterocycles. The third-order valence-electron chi connectivity index (χ3n) is 5.37. The summed E-state index contributed by atoms with van der Waals surface area (Å²) < 4.78 is 16.3. The Bertz CT molecular complexity index is 1130. The fraction of sp³-hybridized carbons (Fsp3) is 0.273. The first-order valence-electron chi connectivity index (χ1n) is 9.49. The van der Waals surface area contributed by atoms with Crippen LogP contribution in [0.25, 0.3) is 22.2 Å². The highest BCUT2D eigenvalue weighted by Gasteiger charge is 2.23. The van der Waals surface area contributed by atoms with Crippen molar-refractivity contribution in [3.8, 4) is 22.8 Å². The molecule has 0 atom stereocenters. The zero-order chi connectivity index (χ0) is 20.0. The summed E-state index contributed by atoms with van der Waals surface area (Å²) in [5.41, 5.74) is 3.74. The molecule has 2 aliphatic rings. The van der Waals surface area contributed by atoms with Gasteiger partial charge in [0.2, 0.25) is 6.79 Å². The minimum Gasteiger partial charge on any atom is -0.454 e. The molecule has 0 radical (unpaired) electrons. The highest BCUT2D eigenvalue weighted by atomic mass is 35.5. The van der Waals surface area contributed by atoms with Crippen molar-refractivity contribution < 1.29 is 19.0 Å². The van der Waals surface area contributed by atoms with Crippen LogP contribution < -0.4 is 9.47 Å². The maximum atomic E-state index is 13.3. The zero-order valence-electron chi connectivity index (χ0n) is 15.9. The van der Waals surface area contributed by atoms with Crippen LogP contribution in [0.4, 0.5) is 0 Å². The molecule has 0 aliphatic carbocycles. The average Bonchev–Trinajstić information content (AvgIpc) is 3.24. The molecule has 0 bridgehead atoms. The number of hydrogen-bond donors (Lipinski definition) is 0. The number of amides is 1. The fourth-order valence-electron chi connectivity index (χ4n) is 3.72. The molecule has 0 unspecified atom stereocenters. The van der Waals surface area contributed by atoms with Gasteiger partial charge in [-0.1, -0.05) is 17.7 Å². The Morgan fingerprint density at radius 2 is 1.86 bits per heavy atom. The number of carbonyl (C=O) groups excluding carboxylic acids is 1. The summed E-state index contributed by atoms with van der Waals surface area (Å²) in [7, 11) is 0. The summed E-state index contributed by atoms with van der Waals surface area (Å²) in [6.07, 6.45) is 0. The van der Waals surface area contributed by atoms with Gasteiger partial charge in [-0.2, -0.15) is 0 Å². The van der Waals surface area contributed by atoms with Crippen molar-refractivity contribution >= 4 is 28.4 Å². The number of fused-ring (bicyclic) bond motifs is 2. The Morgan fingerprint density at radius 1 is 1.07 bits per heavy atom. The molecule has 0 spiro atoms. The maximum absolute atomic E-state index is 13.3. The van der Waals surface area contributed by atoms with Crippen molar-refractivity contribution in [2.45, 2.75) is 6.92 Å². The second-order valence-electron chi connectivity index (χ2n) is 7.10. The van der Waals surface area contributed by atoms with E-state index >= 15 is 0 Å². The SMILES string of the molecule is Cc1c(Cl)ccc2c(C(=O)N3CCOCC3)cc(-c3ccc4c(c3)OCO4)nc12. The largest absolute Gasteiger partial charge is 0.454 e. The number of halogens is 1. The van der Waals surface area contributed by atoms with Crippen molar-refractivity contribution in [3.63, 3.8) is 0 Å². The van der Waals surface area contributed by atoms with E-state index in [-0.39, 0.29) is 12.7 Å². The van der Waals surface area contributed by atoms with E-state index < -0.39 is 0 Å². The van der Waals surface area contributed by atoms with Crippen molar-refractivity contribution in [3.05, 3.63) is 52.5 Å². The highest BCUT2D eigenvalue weighted by Crippen LogP contribution is 2.37. The summed E-state index contributed by atoms with van der Waals surface area (Å²) in [4.78, 5) is 20.0. The lowest BCUT2D eigenvalue weighted by Gasteiger charge is -2.27. The quantitative estimate of drug-likeness (QED) is 0.637. The van der Waals surface area contributed by atoms with Gasteiger partial charge in [-0.25, -0.2) is 4.98 Å². The summed E-state index contributed by atoms with van der Waals surface area (Å²) in [5, 5.41) is 1.42. The number of ether oxygens (including phenoxy) is 3. The van der Waals surface area contributed by atoms with Crippen molar-refractivity contribution in [1.29, 1.82) is 0 Å². The third kappa shape index (κ3) is 3.18. The monoisotopic (exact) mass is 410 g/mol. The first-order chi connectivity index (χ1) is 14.1. The second kappa shape index (κ2) is 7.21. The normalized spacial score (nSPS) is 15.7. The zero-order valence-corrected chi connectivity index (χ0v) is 16.7. The molecular formula is C22H19ClN2O4. The van der Waals surface area contributed by atoms with E-state index in [1.807, 2.05) is 48.2 Å². The number of aromatic nitrogens is 1. The van der Waals surface area contributed by atoms with Gasteiger partial charge < -0.3 is 19.1 Å². The minimum atomic E-state index is -0.0237. The van der Waals surface area contributed by atoms with Crippen LogP contribution in [0, 0.1) is 6.92 Å². The lowest BCUT2D eigenvalue weighted by Crippen LogP contribution is -2.40. The minimum absolute atomic E-state index is 0.0237. The predicted octanol–water partition coefficient (Wildman–Crippen LogP) is 4.06. The summed E-state index contributed by atoms with van der Waals surface area (Å²) in [6.45, 7) is 4.38. The second-order valence-corrected chi connectivity index (χ2v) is 7.50. The van der Waals surface area contributed by atoms with E-state index in [0.717, 1.165) is 22.0 Å². The van der Waals surface area contributed by atoms with Crippen LogP contribution in [0.2, 0.25) is 5.02 Å². The topological polar surface area (TPSA) is 60.9 Å². The van der Waals surface area contributed by atoms with E-state index in [0.29, 0.717) is 54.1 Å². The average molecular weight is 411 g/mol. The molecule has 2 aliphatic heterocycles. The first-order valence-corrected chi connectivity index (χ1v) is 9.86. The number of hydrogen-bond acceptors (Lipinski definition) is 5. The van der Waals surface area contributed by atoms with Crippen LogP contribution in [-0.2, 0) is 4.74 Å². The van der Waals surface area contributed by atoms with Crippen LogP contribution in [0.3, 0.4) is 0 Å². The van der Waals surface area contributed by atoms with Crippen molar-refractivity contribution in [1.82, 2.24) is 9.88 Å². The lowest BCUT2D eigenvalue weighted by molar-refractivity contribution is 0.0304. The van der Waals surface area contributed by atoms with Gasteiger partial charge in [-0.15, -0.1) is 0 Å². The number of carbonyl (C=O) groups is 1. The Balaban J connectivity index is 1.69. The highest BCUT2D eigenvalue weighted by molar-refractivity contribution is 6.32. The Hall–Kier alpha value is -2.83. The van der Waals surface area contributed by atoms with Crippen LogP contribution in [0.15, 0.2) is 36.4 Å². The fourth-order valence-corrected chi connectivity index (χ4v) is 3.87. The molecule has 6 nitrogen and oxygen atoms in total. The molecule has 1 saturated heterocycles. The molecule has 5 rings (SSSR count). The Kier molecular flexibility index (Phi) is 4.53. The van der Waals surface area contributed by atoms with Gasteiger partial charge >= 0.3 is 0 Å². The summed E-state index contributed by atoms with van der Waals surface area (Å²) >= 11 is 6.35. The number of rotatable bonds is 2. The molecule has 1 fully saturated rings. The van der Waals surface area contributed by atoms with Gasteiger partial charge in [-0.05, 0) is 42.8 Å². The van der Waals surface area contributed by atoms with Gasteiger partial charge in [-0.3, -0.25) is 4.79 Å². The molecule has 3 aromatic rings. The number of pyridine rings is 1. The molecule has 0 N–H and O–H groups in total. The summed E-state index contributed by atoms with van der Waals surface area (Å²) in [6, 6.07) is 11.2. The van der Waals surface area contributed by atoms with E-state index in [1.165, 1.54) is 0 Å². The van der Waals surface area contributed by atoms with E-state index in [4.69, 9.17) is 30.8 Å². The first kappa shape index (κ1) is 18.2. The van der Waals surface area contributed by atoms with Gasteiger partial charge in [0.1, 0.15) is 0 Å². The molecule has 7 heteroatoms. The maximum Gasteiger partial charge on any atom is 0.254 e. The number of aryl methyl sites for hydroxylation is 1. The molecule has 3 heterocycles. The molecule has 29 heavy (non-hydrogen) atoms. The Morgan fingerprint density at radius 3 is 2.69 bits per heavy atom. The van der Waals surface area contributed by atoms with E-state index in [1.54, 1.807) is 0 Å². The van der Waals surface area contributed by atoms with Gasteiger partial charge in [0.15, 0.2) is 11.5 Å². The third-order valence-corrected chi connectivity index (χ3v) is 5.77. The van der Waals surface area contributed by atoms with Crippen molar-refractivity contribution in [2.24, 2.45) is 0 Å². The smallest absolute Gasteiger partial charge is 0.254 e. The van der Waals surface area contributed by atoms with Crippen LogP contribution in [0.1, 0.15) is 15.9 Å². The van der Waals surface area contributed by atoms with Crippen LogP contribution in [-0.4, -0.2) is 48.9 Å². The summed E-state index contributed by atoms with van der Waals surface area (Å²) in [5.74, 6) is 1.36. The van der Waals surface area contributed by atoms with Gasteiger partial charge in [0.05, 0.1) is 30.0 Å². The molecule has 0 saturated carbocycles. The lowest BCUT2D eigenvalue weighted by atomic mass is 10.0. The molecule has 2 aromatic carbocycles. The van der Waals surface area contributed by atoms with E-state index in [2.05, 4.69) is 0 Å².